The van der Waals surface area contributed by atoms with Gasteiger partial charge in [0.2, 0.25) is 11.8 Å². The number of halogens is 3. The molecule has 42 heavy (non-hydrogen) atoms. The van der Waals surface area contributed by atoms with Crippen LogP contribution in [0.3, 0.4) is 0 Å². The van der Waals surface area contributed by atoms with Gasteiger partial charge in [-0.25, -0.2) is 12.8 Å². The smallest absolute Gasteiger partial charge is 0.264 e. The zero-order chi connectivity index (χ0) is 30.3. The van der Waals surface area contributed by atoms with Gasteiger partial charge in [-0.15, -0.1) is 0 Å². The van der Waals surface area contributed by atoms with Gasteiger partial charge in [-0.1, -0.05) is 89.9 Å². The summed E-state index contributed by atoms with van der Waals surface area (Å²) in [7, 11) is -2.89. The number of sulfonamides is 1. The molecule has 0 bridgehead atoms. The van der Waals surface area contributed by atoms with Crippen LogP contribution in [-0.2, 0) is 32.6 Å². The lowest BCUT2D eigenvalue weighted by atomic mass is 10.0. The van der Waals surface area contributed by atoms with Crippen molar-refractivity contribution in [3.8, 4) is 0 Å². The third kappa shape index (κ3) is 7.28. The maximum atomic E-state index is 14.8. The van der Waals surface area contributed by atoms with Gasteiger partial charge in [0.15, 0.2) is 0 Å². The van der Waals surface area contributed by atoms with Gasteiger partial charge in [0.1, 0.15) is 18.4 Å². The normalized spacial score (nSPS) is 11.9. The van der Waals surface area contributed by atoms with Gasteiger partial charge >= 0.3 is 0 Å². The Morgan fingerprint density at radius 1 is 0.881 bits per heavy atom. The standard InChI is InChI=1S/C31H28Cl2FN3O4S/c1-35-31(39)29(18-22-10-4-2-5-11-22)36(20-23-12-8-9-15-27(23)34)30(38)21-37(28-17-16-24(32)19-26(28)33)42(40,41)25-13-6-3-7-14-25/h2-17,19,29H,18,20-21H2,1H3,(H,35,39). The van der Waals surface area contributed by atoms with E-state index in [1.807, 2.05) is 6.07 Å². The van der Waals surface area contributed by atoms with Crippen LogP contribution in [0.15, 0.2) is 108 Å². The number of anilines is 1. The Morgan fingerprint density at radius 2 is 1.50 bits per heavy atom. The van der Waals surface area contributed by atoms with Gasteiger partial charge in [-0.05, 0) is 42.0 Å². The molecule has 218 valence electrons. The number of hydrogen-bond donors (Lipinski definition) is 1. The molecule has 0 saturated carbocycles. The van der Waals surface area contributed by atoms with E-state index in [0.29, 0.717) is 0 Å². The van der Waals surface area contributed by atoms with Crippen LogP contribution in [-0.4, -0.2) is 44.8 Å². The SMILES string of the molecule is CNC(=O)C(Cc1ccccc1)N(Cc1ccccc1F)C(=O)CN(c1ccc(Cl)cc1Cl)S(=O)(=O)c1ccccc1. The summed E-state index contributed by atoms with van der Waals surface area (Å²) >= 11 is 12.5. The number of nitrogens with zero attached hydrogens (tertiary/aromatic N) is 2. The van der Waals surface area contributed by atoms with Crippen LogP contribution in [0.2, 0.25) is 10.0 Å². The zero-order valence-electron chi connectivity index (χ0n) is 22.6. The van der Waals surface area contributed by atoms with Gasteiger partial charge in [0, 0.05) is 30.6 Å². The number of rotatable bonds is 11. The van der Waals surface area contributed by atoms with E-state index < -0.39 is 40.2 Å². The molecule has 7 nitrogen and oxygen atoms in total. The molecule has 4 aromatic rings. The van der Waals surface area contributed by atoms with Crippen LogP contribution in [0.25, 0.3) is 0 Å². The molecule has 1 atom stereocenters. The van der Waals surface area contributed by atoms with E-state index in [0.717, 1.165) is 9.87 Å². The Labute approximate surface area is 254 Å². The first-order valence-electron chi connectivity index (χ1n) is 12.9. The lowest BCUT2D eigenvalue weighted by Gasteiger charge is -2.33. The van der Waals surface area contributed by atoms with Gasteiger partial charge in [0.25, 0.3) is 10.0 Å². The molecule has 4 rings (SSSR count). The van der Waals surface area contributed by atoms with Crippen molar-refractivity contribution < 1.29 is 22.4 Å². The van der Waals surface area contributed by atoms with Crippen LogP contribution >= 0.6 is 23.2 Å². The topological polar surface area (TPSA) is 86.8 Å². The predicted octanol–water partition coefficient (Wildman–Crippen LogP) is 5.71. The van der Waals surface area contributed by atoms with Crippen molar-refractivity contribution in [1.29, 1.82) is 0 Å². The average molecular weight is 629 g/mol. The van der Waals surface area contributed by atoms with E-state index in [-0.39, 0.29) is 39.2 Å². The summed E-state index contributed by atoms with van der Waals surface area (Å²) in [4.78, 5) is 28.6. The zero-order valence-corrected chi connectivity index (χ0v) is 24.9. The fourth-order valence-electron chi connectivity index (χ4n) is 4.45. The minimum atomic E-state index is -4.33. The van der Waals surface area contributed by atoms with Crippen LogP contribution < -0.4 is 9.62 Å². The van der Waals surface area contributed by atoms with E-state index in [4.69, 9.17) is 23.2 Å². The third-order valence-corrected chi connectivity index (χ3v) is 8.92. The first kappa shape index (κ1) is 31.0. The van der Waals surface area contributed by atoms with Gasteiger partial charge in [0.05, 0.1) is 15.6 Å². The van der Waals surface area contributed by atoms with Crippen molar-refractivity contribution in [2.45, 2.75) is 23.9 Å². The first-order chi connectivity index (χ1) is 20.1. The lowest BCUT2D eigenvalue weighted by molar-refractivity contribution is -0.139. The molecule has 0 aromatic heterocycles. The maximum Gasteiger partial charge on any atom is 0.264 e. The predicted molar refractivity (Wildman–Crippen MR) is 162 cm³/mol. The number of nitrogens with one attached hydrogen (secondary N) is 1. The molecule has 2 amide bonds. The fourth-order valence-corrected chi connectivity index (χ4v) is 6.46. The monoisotopic (exact) mass is 627 g/mol. The average Bonchev–Trinajstić information content (AvgIpc) is 2.99. The van der Waals surface area contributed by atoms with E-state index in [9.17, 15) is 22.4 Å². The summed E-state index contributed by atoms with van der Waals surface area (Å²) < 4.78 is 43.5. The molecular weight excluding hydrogens is 600 g/mol. The Morgan fingerprint density at radius 3 is 2.12 bits per heavy atom. The molecule has 0 fully saturated rings. The summed E-state index contributed by atoms with van der Waals surface area (Å²) in [6.45, 7) is -1.01. The summed E-state index contributed by atoms with van der Waals surface area (Å²) in [5, 5.41) is 2.86. The van der Waals surface area contributed by atoms with E-state index in [2.05, 4.69) is 5.32 Å². The Balaban J connectivity index is 1.81. The lowest BCUT2D eigenvalue weighted by Crippen LogP contribution is -2.53. The van der Waals surface area contributed by atoms with Crippen molar-refractivity contribution in [1.82, 2.24) is 10.2 Å². The number of carbonyl (C=O) groups is 2. The highest BCUT2D eigenvalue weighted by atomic mass is 35.5. The second-order valence-electron chi connectivity index (χ2n) is 9.35. The second kappa shape index (κ2) is 13.8. The molecular formula is C31H28Cl2FN3O4S. The fraction of sp³-hybridized carbons (Fsp3) is 0.161. The molecule has 0 aliphatic rings. The van der Waals surface area contributed by atoms with Crippen molar-refractivity contribution in [2.75, 3.05) is 17.9 Å². The highest BCUT2D eigenvalue weighted by molar-refractivity contribution is 7.92. The van der Waals surface area contributed by atoms with Crippen molar-refractivity contribution in [2.24, 2.45) is 0 Å². The summed E-state index contributed by atoms with van der Waals surface area (Å²) in [5.74, 6) is -1.81. The van der Waals surface area contributed by atoms with E-state index in [1.54, 1.807) is 48.5 Å². The number of benzene rings is 4. The number of amides is 2. The first-order valence-corrected chi connectivity index (χ1v) is 15.1. The third-order valence-electron chi connectivity index (χ3n) is 6.60. The van der Waals surface area contributed by atoms with Crippen LogP contribution in [0.4, 0.5) is 10.1 Å². The van der Waals surface area contributed by atoms with Crippen LogP contribution in [0.5, 0.6) is 0 Å². The quantitative estimate of drug-likeness (QED) is 0.231. The molecule has 0 saturated heterocycles. The molecule has 1 N–H and O–H groups in total. The minimum Gasteiger partial charge on any atom is -0.357 e. The van der Waals surface area contributed by atoms with E-state index in [1.165, 1.54) is 60.5 Å². The largest absolute Gasteiger partial charge is 0.357 e. The summed E-state index contributed by atoms with van der Waals surface area (Å²) in [6.07, 6.45) is 0.105. The minimum absolute atomic E-state index is 0.00240. The van der Waals surface area contributed by atoms with Crippen molar-refractivity contribution in [3.05, 3.63) is 130 Å². The molecule has 0 aliphatic heterocycles. The molecule has 4 aromatic carbocycles. The maximum absolute atomic E-state index is 14.8. The molecule has 1 unspecified atom stereocenters. The van der Waals surface area contributed by atoms with Gasteiger partial charge in [-0.3, -0.25) is 13.9 Å². The van der Waals surface area contributed by atoms with E-state index >= 15 is 0 Å². The molecule has 0 heterocycles. The van der Waals surface area contributed by atoms with Crippen molar-refractivity contribution in [3.63, 3.8) is 0 Å². The number of hydrogen-bond acceptors (Lipinski definition) is 4. The Bertz CT molecular complexity index is 1660. The van der Waals surface area contributed by atoms with Gasteiger partial charge < -0.3 is 10.2 Å². The Hall–Kier alpha value is -3.92. The molecule has 0 aliphatic carbocycles. The number of carbonyl (C=O) groups excluding carboxylic acids is 2. The van der Waals surface area contributed by atoms with Crippen molar-refractivity contribution >= 4 is 50.7 Å². The Kier molecular flexibility index (Phi) is 10.2. The summed E-state index contributed by atoms with van der Waals surface area (Å²) in [5.41, 5.74) is 0.936. The molecule has 0 radical (unpaired) electrons. The molecule has 11 heteroatoms. The molecule has 0 spiro atoms. The van der Waals surface area contributed by atoms with Crippen LogP contribution in [0, 0.1) is 5.82 Å². The van der Waals surface area contributed by atoms with Gasteiger partial charge in [-0.2, -0.15) is 0 Å². The highest BCUT2D eigenvalue weighted by Gasteiger charge is 2.35. The summed E-state index contributed by atoms with van der Waals surface area (Å²) in [6, 6.07) is 25.7. The van der Waals surface area contributed by atoms with Crippen LogP contribution in [0.1, 0.15) is 11.1 Å². The highest BCUT2D eigenvalue weighted by Crippen LogP contribution is 2.33. The number of likely N-dealkylation sites (N-methyl/N-ethyl adjacent to an activating group) is 1. The second-order valence-corrected chi connectivity index (χ2v) is 12.1.